The van der Waals surface area contributed by atoms with E-state index in [2.05, 4.69) is 41.1 Å². The summed E-state index contributed by atoms with van der Waals surface area (Å²) >= 11 is 0. The van der Waals surface area contributed by atoms with E-state index >= 15 is 0 Å². The van der Waals surface area contributed by atoms with E-state index in [9.17, 15) is 4.79 Å². The van der Waals surface area contributed by atoms with Gasteiger partial charge in [-0.3, -0.25) is 4.79 Å². The Morgan fingerprint density at radius 1 is 0.815 bits per heavy atom. The molecule has 2 nitrogen and oxygen atoms in total. The first-order valence-electron chi connectivity index (χ1n) is 8.95. The van der Waals surface area contributed by atoms with Crippen molar-refractivity contribution in [2.75, 3.05) is 0 Å². The molecule has 1 heterocycles. The Morgan fingerprint density at radius 2 is 1.48 bits per heavy atom. The number of nitrogens with zero attached hydrogens (tertiary/aromatic N) is 1. The molecule has 0 aliphatic carbocycles. The number of pyridine rings is 1. The van der Waals surface area contributed by atoms with Crippen molar-refractivity contribution >= 4 is 27.5 Å². The van der Waals surface area contributed by atoms with Crippen LogP contribution < -0.4 is 0 Å². The summed E-state index contributed by atoms with van der Waals surface area (Å²) in [4.78, 5) is 17.5. The predicted octanol–water partition coefficient (Wildman–Crippen LogP) is 5.65. The maximum absolute atomic E-state index is 13.0. The molecule has 0 aliphatic heterocycles. The Labute approximate surface area is 158 Å². The summed E-state index contributed by atoms with van der Waals surface area (Å²) < 4.78 is 0. The van der Waals surface area contributed by atoms with Gasteiger partial charge in [0, 0.05) is 10.9 Å². The van der Waals surface area contributed by atoms with E-state index in [1.54, 1.807) is 6.07 Å². The zero-order valence-corrected chi connectivity index (χ0v) is 15.4. The Bertz CT molecular complexity index is 1220. The van der Waals surface area contributed by atoms with Crippen molar-refractivity contribution in [3.05, 3.63) is 90.1 Å². The molecule has 0 N–H and O–H groups in total. The van der Waals surface area contributed by atoms with Gasteiger partial charge >= 0.3 is 0 Å². The molecule has 130 valence electrons. The highest BCUT2D eigenvalue weighted by molar-refractivity contribution is 6.02. The molecule has 0 spiro atoms. The largest absolute Gasteiger partial charge is 0.291 e. The number of ketones is 1. The third-order valence-corrected chi connectivity index (χ3v) is 4.67. The average molecular weight is 349 g/mol. The Balaban J connectivity index is 1.65. The van der Waals surface area contributed by atoms with Crippen molar-refractivity contribution in [3.8, 4) is 11.8 Å². The number of hydrogen-bond donors (Lipinski definition) is 0. The fourth-order valence-electron chi connectivity index (χ4n) is 3.06. The average Bonchev–Trinajstić information content (AvgIpc) is 2.71. The minimum atomic E-state index is -0.818. The second-order valence-electron chi connectivity index (χ2n) is 7.16. The van der Waals surface area contributed by atoms with Crippen LogP contribution in [0.1, 0.15) is 29.9 Å². The maximum atomic E-state index is 13.0. The van der Waals surface area contributed by atoms with E-state index in [4.69, 9.17) is 0 Å². The Kier molecular flexibility index (Phi) is 4.22. The second-order valence-corrected chi connectivity index (χ2v) is 7.16. The van der Waals surface area contributed by atoms with Crippen LogP contribution in [0.2, 0.25) is 0 Å². The molecule has 2 heteroatoms. The summed E-state index contributed by atoms with van der Waals surface area (Å²) in [5.74, 6) is 6.25. The van der Waals surface area contributed by atoms with Crippen molar-refractivity contribution in [3.63, 3.8) is 0 Å². The van der Waals surface area contributed by atoms with Crippen LogP contribution in [0.5, 0.6) is 0 Å². The van der Waals surface area contributed by atoms with Gasteiger partial charge in [0.25, 0.3) is 0 Å². The van der Waals surface area contributed by atoms with E-state index in [1.807, 2.05) is 62.4 Å². The molecular formula is C25H19NO. The molecule has 4 rings (SSSR count). The molecule has 0 bridgehead atoms. The zero-order valence-electron chi connectivity index (χ0n) is 15.4. The number of hydrogen-bond acceptors (Lipinski definition) is 2. The fourth-order valence-corrected chi connectivity index (χ4v) is 3.06. The molecule has 0 saturated heterocycles. The second kappa shape index (κ2) is 6.70. The minimum absolute atomic E-state index is 0.0680. The predicted molar refractivity (Wildman–Crippen MR) is 111 cm³/mol. The van der Waals surface area contributed by atoms with Gasteiger partial charge in [-0.2, -0.15) is 0 Å². The number of aromatic nitrogens is 1. The molecule has 0 radical (unpaired) electrons. The molecule has 0 amide bonds. The van der Waals surface area contributed by atoms with Crippen LogP contribution in [0, 0.1) is 17.3 Å². The molecule has 1 aromatic heterocycles. The number of carbonyl (C=O) groups excluding carboxylic acids is 1. The first-order chi connectivity index (χ1) is 13.0. The number of fused-ring (bicyclic) bond motifs is 2. The summed E-state index contributed by atoms with van der Waals surface area (Å²) in [5, 5.41) is 3.34. The molecular weight excluding hydrogens is 330 g/mol. The van der Waals surface area contributed by atoms with Gasteiger partial charge in [0.2, 0.25) is 0 Å². The number of benzene rings is 3. The molecule has 3 aromatic carbocycles. The number of rotatable bonds is 2. The lowest BCUT2D eigenvalue weighted by atomic mass is 9.86. The lowest BCUT2D eigenvalue weighted by Crippen LogP contribution is -2.23. The van der Waals surface area contributed by atoms with Gasteiger partial charge in [0.1, 0.15) is 5.69 Å². The van der Waals surface area contributed by atoms with Gasteiger partial charge in [0.05, 0.1) is 10.9 Å². The van der Waals surface area contributed by atoms with Crippen molar-refractivity contribution < 1.29 is 4.79 Å². The summed E-state index contributed by atoms with van der Waals surface area (Å²) in [6.45, 7) is 3.69. The van der Waals surface area contributed by atoms with Crippen molar-refractivity contribution in [1.29, 1.82) is 0 Å². The van der Waals surface area contributed by atoms with E-state index in [0.29, 0.717) is 5.69 Å². The van der Waals surface area contributed by atoms with Gasteiger partial charge in [-0.1, -0.05) is 66.4 Å². The highest BCUT2D eigenvalue weighted by Gasteiger charge is 2.27. The zero-order chi connectivity index (χ0) is 18.9. The maximum Gasteiger partial charge on any atom is 0.198 e. The monoisotopic (exact) mass is 349 g/mol. The smallest absolute Gasteiger partial charge is 0.198 e. The van der Waals surface area contributed by atoms with Gasteiger partial charge in [-0.15, -0.1) is 0 Å². The van der Waals surface area contributed by atoms with Gasteiger partial charge in [0.15, 0.2) is 5.78 Å². The molecule has 0 saturated carbocycles. The quantitative estimate of drug-likeness (QED) is 0.346. The van der Waals surface area contributed by atoms with Crippen LogP contribution >= 0.6 is 0 Å². The molecule has 4 aromatic rings. The molecule has 0 fully saturated rings. The lowest BCUT2D eigenvalue weighted by molar-refractivity contribution is 0.0888. The summed E-state index contributed by atoms with van der Waals surface area (Å²) in [5.41, 5.74) is 1.36. The third-order valence-electron chi connectivity index (χ3n) is 4.67. The van der Waals surface area contributed by atoms with Crippen LogP contribution in [-0.4, -0.2) is 10.8 Å². The van der Waals surface area contributed by atoms with E-state index in [0.717, 1.165) is 21.9 Å². The summed E-state index contributed by atoms with van der Waals surface area (Å²) in [6.07, 6.45) is 0. The Morgan fingerprint density at radius 3 is 2.30 bits per heavy atom. The summed E-state index contributed by atoms with van der Waals surface area (Å²) in [7, 11) is 0. The normalized spacial score (nSPS) is 11.2. The molecule has 0 aliphatic rings. The van der Waals surface area contributed by atoms with Crippen LogP contribution in [0.15, 0.2) is 78.9 Å². The van der Waals surface area contributed by atoms with Crippen LogP contribution in [0.3, 0.4) is 0 Å². The van der Waals surface area contributed by atoms with Gasteiger partial charge in [-0.05, 0) is 48.9 Å². The van der Waals surface area contributed by atoms with Crippen molar-refractivity contribution in [2.24, 2.45) is 5.41 Å². The first-order valence-corrected chi connectivity index (χ1v) is 8.95. The number of para-hydroxylation sites is 1. The van der Waals surface area contributed by atoms with E-state index < -0.39 is 5.41 Å². The van der Waals surface area contributed by atoms with E-state index in [1.165, 1.54) is 5.39 Å². The van der Waals surface area contributed by atoms with Gasteiger partial charge < -0.3 is 0 Å². The topological polar surface area (TPSA) is 30.0 Å². The van der Waals surface area contributed by atoms with E-state index in [-0.39, 0.29) is 5.78 Å². The minimum Gasteiger partial charge on any atom is -0.291 e. The fraction of sp³-hybridized carbons (Fsp3) is 0.120. The third kappa shape index (κ3) is 3.45. The Hall–Kier alpha value is -3.44. The standard InChI is InChI=1S/C25H19NO/c1-25(2,16-15-18-11-12-19-7-3-4-9-21(19)17-18)24(27)23-14-13-20-8-5-6-10-22(20)26-23/h3-14,17H,1-2H3. The highest BCUT2D eigenvalue weighted by Crippen LogP contribution is 2.22. The number of Topliss-reactive ketones (excluding diaryl/α,β-unsaturated/α-hetero) is 1. The summed E-state index contributed by atoms with van der Waals surface area (Å²) in [6, 6.07) is 25.8. The van der Waals surface area contributed by atoms with Crippen LogP contribution in [-0.2, 0) is 0 Å². The van der Waals surface area contributed by atoms with Gasteiger partial charge in [-0.25, -0.2) is 4.98 Å². The van der Waals surface area contributed by atoms with Crippen LogP contribution in [0.25, 0.3) is 21.7 Å². The lowest BCUT2D eigenvalue weighted by Gasteiger charge is -2.15. The highest BCUT2D eigenvalue weighted by atomic mass is 16.1. The molecule has 0 atom stereocenters. The van der Waals surface area contributed by atoms with Crippen LogP contribution in [0.4, 0.5) is 0 Å². The molecule has 27 heavy (non-hydrogen) atoms. The SMILES string of the molecule is CC(C)(C#Cc1ccc2ccccc2c1)C(=O)c1ccc2ccccc2n1. The van der Waals surface area contributed by atoms with Crippen molar-refractivity contribution in [1.82, 2.24) is 4.98 Å². The number of carbonyl (C=O) groups is 1. The first kappa shape index (κ1) is 17.0. The molecule has 0 unspecified atom stereocenters. The van der Waals surface area contributed by atoms with Crippen molar-refractivity contribution in [2.45, 2.75) is 13.8 Å².